The number of morpholine rings is 1. The van der Waals surface area contributed by atoms with Gasteiger partial charge < -0.3 is 19.9 Å². The lowest BCUT2D eigenvalue weighted by atomic mass is 9.80. The Hall–Kier alpha value is -2.45. The molecule has 8 nitrogen and oxygen atoms in total. The monoisotopic (exact) mass is 413 g/mol. The van der Waals surface area contributed by atoms with Crippen LogP contribution in [0.3, 0.4) is 0 Å². The maximum atomic E-state index is 13.0. The fourth-order valence-electron chi connectivity index (χ4n) is 4.51. The van der Waals surface area contributed by atoms with Gasteiger partial charge in [0.2, 0.25) is 11.8 Å². The highest BCUT2D eigenvalue weighted by Gasteiger charge is 2.40. The van der Waals surface area contributed by atoms with Gasteiger partial charge in [0.15, 0.2) is 0 Å². The number of nitrogens with one attached hydrogen (secondary N) is 2. The van der Waals surface area contributed by atoms with Crippen molar-refractivity contribution in [3.05, 3.63) is 30.1 Å². The van der Waals surface area contributed by atoms with Crippen molar-refractivity contribution in [1.29, 1.82) is 0 Å². The Morgan fingerprint density at radius 1 is 1.23 bits per heavy atom. The van der Waals surface area contributed by atoms with Gasteiger partial charge >= 0.3 is 0 Å². The van der Waals surface area contributed by atoms with E-state index in [9.17, 15) is 9.59 Å². The Balaban J connectivity index is 1.25. The van der Waals surface area contributed by atoms with E-state index in [4.69, 9.17) is 4.74 Å². The number of benzene rings is 1. The van der Waals surface area contributed by atoms with E-state index >= 15 is 0 Å². The van der Waals surface area contributed by atoms with E-state index in [1.807, 2.05) is 36.1 Å². The van der Waals surface area contributed by atoms with E-state index in [1.54, 1.807) is 0 Å². The highest BCUT2D eigenvalue weighted by atomic mass is 16.5. The Kier molecular flexibility index (Phi) is 6.34. The normalized spacial score (nSPS) is 22.9. The third-order valence-electron chi connectivity index (χ3n) is 6.08. The molecule has 162 valence electrons. The second-order valence-corrected chi connectivity index (χ2v) is 8.58. The Morgan fingerprint density at radius 2 is 2.03 bits per heavy atom. The molecule has 4 rings (SSSR count). The number of piperidine rings is 1. The Bertz CT molecular complexity index is 859. The lowest BCUT2D eigenvalue weighted by Gasteiger charge is -2.42. The van der Waals surface area contributed by atoms with E-state index in [-0.39, 0.29) is 11.8 Å². The lowest BCUT2D eigenvalue weighted by Crippen LogP contribution is -2.55. The van der Waals surface area contributed by atoms with Crippen LogP contribution in [0.5, 0.6) is 0 Å². The van der Waals surface area contributed by atoms with Gasteiger partial charge in [-0.2, -0.15) is 0 Å². The number of ether oxygens (including phenoxy) is 1. The van der Waals surface area contributed by atoms with E-state index in [0.717, 1.165) is 36.2 Å². The first-order chi connectivity index (χ1) is 14.5. The molecule has 1 aromatic heterocycles. The molecule has 0 spiro atoms. The molecule has 1 aromatic carbocycles. The molecule has 2 saturated heterocycles. The summed E-state index contributed by atoms with van der Waals surface area (Å²) in [6, 6.07) is 7.91. The molecule has 2 aliphatic heterocycles. The number of likely N-dealkylation sites (tertiary alicyclic amines) is 1. The fraction of sp³-hybridized carbons (Fsp3) is 0.591. The molecule has 0 aliphatic carbocycles. The van der Waals surface area contributed by atoms with Gasteiger partial charge in [-0.1, -0.05) is 12.1 Å². The summed E-state index contributed by atoms with van der Waals surface area (Å²) in [6.07, 6.45) is 2.46. The average Bonchev–Trinajstić information content (AvgIpc) is 3.16. The summed E-state index contributed by atoms with van der Waals surface area (Å²) in [6.45, 7) is 6.92. The van der Waals surface area contributed by atoms with Crippen LogP contribution in [0.25, 0.3) is 11.0 Å². The predicted octanol–water partition coefficient (Wildman–Crippen LogP) is 1.18. The zero-order valence-electron chi connectivity index (χ0n) is 17.7. The van der Waals surface area contributed by atoms with Gasteiger partial charge in [0.25, 0.3) is 0 Å². The molecule has 1 atom stereocenters. The van der Waals surface area contributed by atoms with Gasteiger partial charge in [-0.25, -0.2) is 4.98 Å². The summed E-state index contributed by atoms with van der Waals surface area (Å²) in [7, 11) is 0. The van der Waals surface area contributed by atoms with Gasteiger partial charge in [-0.15, -0.1) is 0 Å². The minimum atomic E-state index is -0.426. The van der Waals surface area contributed by atoms with Crippen molar-refractivity contribution in [2.45, 2.75) is 26.2 Å². The predicted molar refractivity (Wildman–Crippen MR) is 114 cm³/mol. The van der Waals surface area contributed by atoms with Gasteiger partial charge in [0.1, 0.15) is 5.82 Å². The van der Waals surface area contributed by atoms with Gasteiger partial charge in [0.05, 0.1) is 36.2 Å². The van der Waals surface area contributed by atoms with Crippen LogP contribution in [0.4, 0.5) is 0 Å². The van der Waals surface area contributed by atoms with Crippen LogP contribution in [-0.4, -0.2) is 84.1 Å². The first kappa shape index (κ1) is 20.8. The van der Waals surface area contributed by atoms with Crippen LogP contribution < -0.4 is 5.32 Å². The molecule has 8 heteroatoms. The minimum Gasteiger partial charge on any atom is -0.378 e. The highest BCUT2D eigenvalue weighted by molar-refractivity contribution is 5.83. The number of hydrogen-bond acceptors (Lipinski definition) is 5. The summed E-state index contributed by atoms with van der Waals surface area (Å²) < 4.78 is 5.37. The summed E-state index contributed by atoms with van der Waals surface area (Å²) in [5.41, 5.74) is 1.53. The van der Waals surface area contributed by atoms with Crippen molar-refractivity contribution in [3.8, 4) is 0 Å². The summed E-state index contributed by atoms with van der Waals surface area (Å²) in [5.74, 6) is 1.06. The van der Waals surface area contributed by atoms with Gasteiger partial charge in [-0.3, -0.25) is 14.5 Å². The third kappa shape index (κ3) is 4.82. The summed E-state index contributed by atoms with van der Waals surface area (Å²) >= 11 is 0. The zero-order chi connectivity index (χ0) is 21.0. The topological polar surface area (TPSA) is 90.6 Å². The van der Waals surface area contributed by atoms with Crippen molar-refractivity contribution in [2.24, 2.45) is 5.41 Å². The molecule has 2 fully saturated rings. The first-order valence-corrected chi connectivity index (χ1v) is 10.8. The Labute approximate surface area is 177 Å². The minimum absolute atomic E-state index is 0.00539. The van der Waals surface area contributed by atoms with E-state index < -0.39 is 5.41 Å². The molecular weight excluding hydrogens is 382 g/mol. The smallest absolute Gasteiger partial charge is 0.234 e. The number of para-hydroxylation sites is 2. The molecule has 30 heavy (non-hydrogen) atoms. The van der Waals surface area contributed by atoms with Crippen molar-refractivity contribution in [2.75, 3.05) is 52.5 Å². The number of fused-ring (bicyclic) bond motifs is 1. The Morgan fingerprint density at radius 3 is 2.83 bits per heavy atom. The number of aromatic nitrogens is 2. The number of carbonyl (C=O) groups is 2. The molecule has 2 N–H and O–H groups in total. The van der Waals surface area contributed by atoms with E-state index in [2.05, 4.69) is 20.2 Å². The number of nitrogens with zero attached hydrogens (tertiary/aromatic N) is 3. The van der Waals surface area contributed by atoms with E-state index in [0.29, 0.717) is 52.4 Å². The molecule has 2 aromatic rings. The lowest BCUT2D eigenvalue weighted by molar-refractivity contribution is -0.149. The quantitative estimate of drug-likeness (QED) is 0.742. The summed E-state index contributed by atoms with van der Waals surface area (Å²) in [4.78, 5) is 37.4. The second kappa shape index (κ2) is 9.14. The first-order valence-electron chi connectivity index (χ1n) is 10.8. The van der Waals surface area contributed by atoms with Crippen LogP contribution in [0.2, 0.25) is 0 Å². The van der Waals surface area contributed by atoms with Crippen LogP contribution in [0.15, 0.2) is 24.3 Å². The van der Waals surface area contributed by atoms with Gasteiger partial charge in [0, 0.05) is 32.6 Å². The van der Waals surface area contributed by atoms with Crippen molar-refractivity contribution < 1.29 is 14.3 Å². The highest BCUT2D eigenvalue weighted by Crippen LogP contribution is 2.31. The van der Waals surface area contributed by atoms with Crippen LogP contribution in [0.1, 0.15) is 25.6 Å². The third-order valence-corrected chi connectivity index (χ3v) is 6.08. The molecule has 3 heterocycles. The molecular formula is C22H31N5O3. The second-order valence-electron chi connectivity index (χ2n) is 8.58. The number of carbonyl (C=O) groups excluding carboxylic acids is 2. The molecule has 0 radical (unpaired) electrons. The summed E-state index contributed by atoms with van der Waals surface area (Å²) in [5, 5.41) is 2.99. The number of imidazole rings is 1. The van der Waals surface area contributed by atoms with E-state index in [1.165, 1.54) is 0 Å². The fourth-order valence-corrected chi connectivity index (χ4v) is 4.51. The standard InChI is InChI=1S/C22H31N5O3/c1-22(21(29)27-11-13-30-14-12-27)8-4-10-26(16-22)15-20(28)23-9-7-19-24-17-5-2-3-6-18(17)25-19/h2-3,5-6H,4,7-16H2,1H3,(H,23,28)(H,24,25)/t22-/m0/s1. The number of H-pyrrole nitrogens is 1. The van der Waals surface area contributed by atoms with Crippen molar-refractivity contribution in [3.63, 3.8) is 0 Å². The van der Waals surface area contributed by atoms with Crippen molar-refractivity contribution in [1.82, 2.24) is 25.1 Å². The zero-order valence-corrected chi connectivity index (χ0v) is 17.7. The number of rotatable bonds is 6. The molecule has 2 amide bonds. The van der Waals surface area contributed by atoms with Crippen LogP contribution in [-0.2, 0) is 20.7 Å². The molecule has 2 aliphatic rings. The number of aromatic amines is 1. The van der Waals surface area contributed by atoms with Crippen LogP contribution in [0, 0.1) is 5.41 Å². The SMILES string of the molecule is C[C@]1(C(=O)N2CCOCC2)CCCN(CC(=O)NCCc2nc3ccccc3[nH]2)C1. The molecule has 0 unspecified atom stereocenters. The largest absolute Gasteiger partial charge is 0.378 e. The average molecular weight is 414 g/mol. The maximum absolute atomic E-state index is 13.0. The molecule has 0 bridgehead atoms. The maximum Gasteiger partial charge on any atom is 0.234 e. The van der Waals surface area contributed by atoms with Crippen LogP contribution >= 0.6 is 0 Å². The number of amides is 2. The van der Waals surface area contributed by atoms with Crippen molar-refractivity contribution >= 4 is 22.8 Å². The number of hydrogen-bond donors (Lipinski definition) is 2. The molecule has 0 saturated carbocycles. The van der Waals surface area contributed by atoms with Gasteiger partial charge in [-0.05, 0) is 38.4 Å².